The minimum Gasteiger partial charge on any atom is -0.381 e. The zero-order valence-electron chi connectivity index (χ0n) is 18.7. The van der Waals surface area contributed by atoms with Crippen LogP contribution in [0.1, 0.15) is 24.2 Å². The van der Waals surface area contributed by atoms with Crippen LogP contribution in [0, 0.1) is 18.8 Å². The minimum absolute atomic E-state index is 0.0241. The molecule has 0 aliphatic carbocycles. The number of likely N-dealkylation sites (N-methyl/N-ethyl adjacent to an activating group) is 1. The molecule has 8 nitrogen and oxygen atoms in total. The van der Waals surface area contributed by atoms with E-state index in [2.05, 4.69) is 32.3 Å². The smallest absolute Gasteiger partial charge is 0.226 e. The molecule has 3 atom stereocenters. The molecular weight excluding hydrogens is 404 g/mol. The van der Waals surface area contributed by atoms with Crippen LogP contribution < -0.4 is 5.32 Å². The SMILES string of the molecule is Cc1cc(-n2ncc3cc(CC(=O)N[C@H]4CN(C)C[C@@H]4C4CCCOC4)ncc32)ccn1. The van der Waals surface area contributed by atoms with Gasteiger partial charge in [-0.15, -0.1) is 0 Å². The Kier molecular flexibility index (Phi) is 5.89. The first-order chi connectivity index (χ1) is 15.6. The molecule has 0 radical (unpaired) electrons. The van der Waals surface area contributed by atoms with Crippen LogP contribution in [0.5, 0.6) is 0 Å². The monoisotopic (exact) mass is 434 g/mol. The molecule has 1 amide bonds. The zero-order valence-corrected chi connectivity index (χ0v) is 18.7. The number of aromatic nitrogens is 4. The molecule has 3 aromatic rings. The number of rotatable bonds is 5. The lowest BCUT2D eigenvalue weighted by molar-refractivity contribution is -0.121. The second kappa shape index (κ2) is 8.96. The number of likely N-dealkylation sites (tertiary alicyclic amines) is 1. The molecular formula is C24H30N6O2. The van der Waals surface area contributed by atoms with Crippen molar-refractivity contribution < 1.29 is 9.53 Å². The van der Waals surface area contributed by atoms with Crippen molar-refractivity contribution in [1.29, 1.82) is 0 Å². The first-order valence-electron chi connectivity index (χ1n) is 11.4. The first kappa shape index (κ1) is 21.0. The fourth-order valence-corrected chi connectivity index (χ4v) is 5.13. The Balaban J connectivity index is 1.27. The number of hydrogen-bond donors (Lipinski definition) is 1. The lowest BCUT2D eigenvalue weighted by atomic mass is 9.84. The summed E-state index contributed by atoms with van der Waals surface area (Å²) in [7, 11) is 2.13. The summed E-state index contributed by atoms with van der Waals surface area (Å²) >= 11 is 0. The zero-order chi connectivity index (χ0) is 22.1. The van der Waals surface area contributed by atoms with Gasteiger partial charge in [-0.25, -0.2) is 4.68 Å². The third-order valence-electron chi connectivity index (χ3n) is 6.67. The molecule has 1 unspecified atom stereocenters. The van der Waals surface area contributed by atoms with Crippen LogP contribution in [0.15, 0.2) is 36.8 Å². The summed E-state index contributed by atoms with van der Waals surface area (Å²) in [6.07, 6.45) is 7.96. The van der Waals surface area contributed by atoms with E-state index in [1.165, 1.54) is 6.42 Å². The molecule has 8 heteroatoms. The summed E-state index contributed by atoms with van der Waals surface area (Å²) in [6.45, 7) is 5.53. The number of fused-ring (bicyclic) bond motifs is 1. The van der Waals surface area contributed by atoms with Gasteiger partial charge in [0.2, 0.25) is 5.91 Å². The second-order valence-corrected chi connectivity index (χ2v) is 9.16. The largest absolute Gasteiger partial charge is 0.381 e. The number of aryl methyl sites for hydroxylation is 1. The van der Waals surface area contributed by atoms with Crippen LogP contribution in [-0.2, 0) is 16.0 Å². The van der Waals surface area contributed by atoms with Gasteiger partial charge in [-0.3, -0.25) is 14.8 Å². The first-order valence-corrected chi connectivity index (χ1v) is 11.4. The predicted octanol–water partition coefficient (Wildman–Crippen LogP) is 2.14. The van der Waals surface area contributed by atoms with E-state index in [-0.39, 0.29) is 18.4 Å². The Morgan fingerprint density at radius 2 is 2.16 bits per heavy atom. The summed E-state index contributed by atoms with van der Waals surface area (Å²) in [6, 6.07) is 6.04. The fourth-order valence-electron chi connectivity index (χ4n) is 5.13. The van der Waals surface area contributed by atoms with Gasteiger partial charge in [0.1, 0.15) is 0 Å². The van der Waals surface area contributed by atoms with E-state index in [0.717, 1.165) is 60.7 Å². The normalized spacial score (nSPS) is 24.1. The number of nitrogens with one attached hydrogen (secondary N) is 1. The maximum atomic E-state index is 12.9. The number of carbonyl (C=O) groups excluding carboxylic acids is 1. The summed E-state index contributed by atoms with van der Waals surface area (Å²) in [4.78, 5) is 24.0. The average Bonchev–Trinajstić information content (AvgIpc) is 3.37. The number of ether oxygens (including phenoxy) is 1. The van der Waals surface area contributed by atoms with E-state index >= 15 is 0 Å². The Bertz CT molecular complexity index is 1110. The van der Waals surface area contributed by atoms with Crippen molar-refractivity contribution >= 4 is 16.8 Å². The Morgan fingerprint density at radius 3 is 2.97 bits per heavy atom. The van der Waals surface area contributed by atoms with Crippen LogP contribution in [-0.4, -0.2) is 69.9 Å². The number of pyridine rings is 2. The van der Waals surface area contributed by atoms with E-state index in [1.807, 2.05) is 36.0 Å². The van der Waals surface area contributed by atoms with Crippen molar-refractivity contribution in [1.82, 2.24) is 30.0 Å². The molecule has 0 saturated carbocycles. The van der Waals surface area contributed by atoms with E-state index in [1.54, 1.807) is 12.4 Å². The highest BCUT2D eigenvalue weighted by atomic mass is 16.5. The molecule has 2 aliphatic heterocycles. The van der Waals surface area contributed by atoms with Crippen molar-refractivity contribution in [2.75, 3.05) is 33.4 Å². The third-order valence-corrected chi connectivity index (χ3v) is 6.67. The van der Waals surface area contributed by atoms with Crippen LogP contribution in [0.3, 0.4) is 0 Å². The van der Waals surface area contributed by atoms with Crippen LogP contribution in [0.2, 0.25) is 0 Å². The topological polar surface area (TPSA) is 85.2 Å². The van der Waals surface area contributed by atoms with Crippen LogP contribution in [0.25, 0.3) is 16.6 Å². The summed E-state index contributed by atoms with van der Waals surface area (Å²) < 4.78 is 7.56. The molecule has 168 valence electrons. The van der Waals surface area contributed by atoms with Gasteiger partial charge in [0.05, 0.1) is 35.7 Å². The number of hydrogen-bond acceptors (Lipinski definition) is 6. The third kappa shape index (κ3) is 4.38. The summed E-state index contributed by atoms with van der Waals surface area (Å²) in [5, 5.41) is 8.77. The molecule has 1 N–H and O–H groups in total. The van der Waals surface area contributed by atoms with E-state index in [4.69, 9.17) is 4.74 Å². The van der Waals surface area contributed by atoms with E-state index in [0.29, 0.717) is 11.8 Å². The van der Waals surface area contributed by atoms with Crippen molar-refractivity contribution in [3.63, 3.8) is 0 Å². The van der Waals surface area contributed by atoms with Gasteiger partial charge < -0.3 is 15.0 Å². The number of carbonyl (C=O) groups is 1. The molecule has 2 saturated heterocycles. The molecule has 2 aliphatic rings. The molecule has 0 bridgehead atoms. The Hall–Kier alpha value is -2.84. The van der Waals surface area contributed by atoms with Crippen molar-refractivity contribution in [2.45, 2.75) is 32.2 Å². The Morgan fingerprint density at radius 1 is 1.25 bits per heavy atom. The summed E-state index contributed by atoms with van der Waals surface area (Å²) in [5.74, 6) is 0.994. The van der Waals surface area contributed by atoms with Gasteiger partial charge in [-0.1, -0.05) is 0 Å². The predicted molar refractivity (Wildman–Crippen MR) is 122 cm³/mol. The van der Waals surface area contributed by atoms with E-state index in [9.17, 15) is 4.79 Å². The van der Waals surface area contributed by atoms with Crippen molar-refractivity contribution in [3.8, 4) is 5.69 Å². The lowest BCUT2D eigenvalue weighted by Crippen LogP contribution is -2.44. The van der Waals surface area contributed by atoms with Gasteiger partial charge in [0, 0.05) is 49.6 Å². The standard InChI is InChI=1S/C24H30N6O2/c1-16-8-20(5-6-25-16)30-23-12-26-19(9-18(23)11-27-30)10-24(31)28-22-14-29(2)13-21(22)17-4-3-7-32-15-17/h5-6,8-9,11-12,17,21-22H,3-4,7,10,13-15H2,1-2H3,(H,28,31)/t17?,21-,22+/m1/s1. The molecule has 5 heterocycles. The minimum atomic E-state index is 0.0241. The number of amides is 1. The molecule has 2 fully saturated rings. The maximum Gasteiger partial charge on any atom is 0.226 e. The molecule has 5 rings (SSSR count). The van der Waals surface area contributed by atoms with Crippen LogP contribution in [0.4, 0.5) is 0 Å². The highest BCUT2D eigenvalue weighted by molar-refractivity contribution is 5.83. The van der Waals surface area contributed by atoms with Crippen molar-refractivity contribution in [3.05, 3.63) is 48.2 Å². The van der Waals surface area contributed by atoms with Crippen LogP contribution >= 0.6 is 0 Å². The van der Waals surface area contributed by atoms with E-state index < -0.39 is 0 Å². The maximum absolute atomic E-state index is 12.9. The quantitative estimate of drug-likeness (QED) is 0.662. The van der Waals surface area contributed by atoms with Gasteiger partial charge in [0.15, 0.2) is 0 Å². The lowest BCUT2D eigenvalue weighted by Gasteiger charge is -2.31. The average molecular weight is 435 g/mol. The highest BCUT2D eigenvalue weighted by Gasteiger charge is 2.38. The fraction of sp³-hybridized carbons (Fsp3) is 0.500. The second-order valence-electron chi connectivity index (χ2n) is 9.16. The van der Waals surface area contributed by atoms with Gasteiger partial charge >= 0.3 is 0 Å². The Labute approximate surface area is 188 Å². The molecule has 3 aromatic heterocycles. The van der Waals surface area contributed by atoms with Crippen molar-refractivity contribution in [2.24, 2.45) is 11.8 Å². The molecule has 0 spiro atoms. The summed E-state index contributed by atoms with van der Waals surface area (Å²) in [5.41, 5.74) is 3.55. The highest BCUT2D eigenvalue weighted by Crippen LogP contribution is 2.30. The molecule has 0 aromatic carbocycles. The van der Waals surface area contributed by atoms with Gasteiger partial charge in [0.25, 0.3) is 0 Å². The van der Waals surface area contributed by atoms with Gasteiger partial charge in [-0.05, 0) is 56.8 Å². The molecule has 32 heavy (non-hydrogen) atoms. The van der Waals surface area contributed by atoms with Gasteiger partial charge in [-0.2, -0.15) is 5.10 Å². The number of nitrogens with zero attached hydrogens (tertiary/aromatic N) is 5.